The smallest absolute Gasteiger partial charge is 0.409 e. The summed E-state index contributed by atoms with van der Waals surface area (Å²) in [7, 11) is 1.63. The highest BCUT2D eigenvalue weighted by Crippen LogP contribution is 2.34. The van der Waals surface area contributed by atoms with Crippen LogP contribution in [0.15, 0.2) is 42.6 Å². The SMILES string of the molecule is CN(C(=O)OCCF)C1CN(C(=O)C2CCN(c3ccc(C#N)cn3)CC2)CC1c1ccc(Cl)cc1. The molecule has 0 radical (unpaired) electrons. The Morgan fingerprint density at radius 2 is 1.92 bits per heavy atom. The lowest BCUT2D eigenvalue weighted by Crippen LogP contribution is -2.44. The Labute approximate surface area is 215 Å². The molecule has 2 atom stereocenters. The molecule has 2 aliphatic heterocycles. The first-order valence-corrected chi connectivity index (χ1v) is 12.4. The Hall–Kier alpha value is -3.38. The van der Waals surface area contributed by atoms with Gasteiger partial charge in [-0.15, -0.1) is 0 Å². The van der Waals surface area contributed by atoms with Crippen LogP contribution in [0.3, 0.4) is 0 Å². The van der Waals surface area contributed by atoms with Crippen molar-refractivity contribution >= 4 is 29.4 Å². The number of anilines is 1. The van der Waals surface area contributed by atoms with Crippen LogP contribution in [0.5, 0.6) is 0 Å². The summed E-state index contributed by atoms with van der Waals surface area (Å²) in [6.07, 6.45) is 2.35. The predicted octanol–water partition coefficient (Wildman–Crippen LogP) is 3.86. The van der Waals surface area contributed by atoms with Gasteiger partial charge >= 0.3 is 6.09 Å². The fourth-order valence-electron chi connectivity index (χ4n) is 5.01. The summed E-state index contributed by atoms with van der Waals surface area (Å²) in [5, 5.41) is 9.58. The number of ether oxygens (including phenoxy) is 1. The summed E-state index contributed by atoms with van der Waals surface area (Å²) < 4.78 is 17.5. The van der Waals surface area contributed by atoms with Gasteiger partial charge in [-0.2, -0.15) is 5.26 Å². The number of hydrogen-bond donors (Lipinski definition) is 0. The number of carbonyl (C=O) groups is 2. The first-order chi connectivity index (χ1) is 17.4. The lowest BCUT2D eigenvalue weighted by atomic mass is 9.93. The maximum atomic E-state index is 13.5. The van der Waals surface area contributed by atoms with Crippen molar-refractivity contribution in [3.05, 3.63) is 58.7 Å². The molecule has 8 nitrogen and oxygen atoms in total. The molecule has 0 bridgehead atoms. The van der Waals surface area contributed by atoms with Crippen LogP contribution in [0.4, 0.5) is 15.0 Å². The van der Waals surface area contributed by atoms with E-state index in [4.69, 9.17) is 21.6 Å². The van der Waals surface area contributed by atoms with Crippen LogP contribution in [-0.2, 0) is 9.53 Å². The van der Waals surface area contributed by atoms with Crippen LogP contribution in [0, 0.1) is 17.2 Å². The van der Waals surface area contributed by atoms with Gasteiger partial charge in [0, 0.05) is 56.3 Å². The molecule has 0 spiro atoms. The van der Waals surface area contributed by atoms with Gasteiger partial charge in [0.05, 0.1) is 11.6 Å². The second-order valence-electron chi connectivity index (χ2n) is 9.16. The highest BCUT2D eigenvalue weighted by molar-refractivity contribution is 6.30. The van der Waals surface area contributed by atoms with Crippen molar-refractivity contribution < 1.29 is 18.7 Å². The van der Waals surface area contributed by atoms with Gasteiger partial charge in [-0.1, -0.05) is 23.7 Å². The van der Waals surface area contributed by atoms with Gasteiger partial charge in [0.2, 0.25) is 5.91 Å². The van der Waals surface area contributed by atoms with Crippen LogP contribution in [0.1, 0.15) is 29.9 Å². The van der Waals surface area contributed by atoms with Crippen LogP contribution >= 0.6 is 11.6 Å². The predicted molar refractivity (Wildman–Crippen MR) is 134 cm³/mol. The fourth-order valence-corrected chi connectivity index (χ4v) is 5.14. The molecule has 2 amide bonds. The second kappa shape index (κ2) is 11.6. The molecule has 2 saturated heterocycles. The normalized spacial score (nSPS) is 20.2. The highest BCUT2D eigenvalue weighted by atomic mass is 35.5. The summed E-state index contributed by atoms with van der Waals surface area (Å²) in [5.74, 6) is 0.650. The van der Waals surface area contributed by atoms with Crippen molar-refractivity contribution in [3.63, 3.8) is 0 Å². The number of nitrogens with zero attached hydrogens (tertiary/aromatic N) is 5. The molecule has 2 unspecified atom stereocenters. The second-order valence-corrected chi connectivity index (χ2v) is 9.60. The molecule has 10 heteroatoms. The number of benzene rings is 1. The van der Waals surface area contributed by atoms with Gasteiger partial charge in [0.1, 0.15) is 25.2 Å². The van der Waals surface area contributed by atoms with Crippen molar-refractivity contribution in [2.75, 3.05) is 51.4 Å². The van der Waals surface area contributed by atoms with Crippen molar-refractivity contribution in [2.24, 2.45) is 5.92 Å². The molecule has 4 rings (SSSR count). The van der Waals surface area contributed by atoms with Gasteiger partial charge in [-0.25, -0.2) is 14.2 Å². The maximum Gasteiger partial charge on any atom is 0.409 e. The topological polar surface area (TPSA) is 89.8 Å². The molecule has 2 aromatic rings. The van der Waals surface area contributed by atoms with Gasteiger partial charge in [-0.05, 0) is 42.7 Å². The fraction of sp³-hybridized carbons (Fsp3) is 0.462. The van der Waals surface area contributed by atoms with Crippen LogP contribution < -0.4 is 4.90 Å². The molecule has 2 aliphatic rings. The average Bonchev–Trinajstić information content (AvgIpc) is 3.37. The Morgan fingerprint density at radius 1 is 1.19 bits per heavy atom. The largest absolute Gasteiger partial charge is 0.447 e. The van der Waals surface area contributed by atoms with Crippen molar-refractivity contribution in [3.8, 4) is 6.07 Å². The molecule has 0 saturated carbocycles. The first-order valence-electron chi connectivity index (χ1n) is 12.0. The molecule has 2 fully saturated rings. The zero-order valence-corrected chi connectivity index (χ0v) is 20.9. The number of hydrogen-bond acceptors (Lipinski definition) is 6. The van der Waals surface area contributed by atoms with Crippen LogP contribution in [-0.4, -0.2) is 79.3 Å². The van der Waals surface area contributed by atoms with Gasteiger partial charge in [0.25, 0.3) is 0 Å². The summed E-state index contributed by atoms with van der Waals surface area (Å²) in [6, 6.07) is 12.8. The third-order valence-corrected chi connectivity index (χ3v) is 7.28. The van der Waals surface area contributed by atoms with E-state index in [0.29, 0.717) is 49.6 Å². The number of likely N-dealkylation sites (tertiary alicyclic amines) is 1. The van der Waals surface area contributed by atoms with Gasteiger partial charge in [0.15, 0.2) is 0 Å². The highest BCUT2D eigenvalue weighted by Gasteiger charge is 2.42. The molecule has 0 N–H and O–H groups in total. The number of halogens is 2. The minimum atomic E-state index is -0.744. The number of amides is 2. The van der Waals surface area contributed by atoms with Crippen molar-refractivity contribution in [2.45, 2.75) is 24.8 Å². The van der Waals surface area contributed by atoms with E-state index in [2.05, 4.69) is 16.0 Å². The van der Waals surface area contributed by atoms with E-state index in [9.17, 15) is 14.0 Å². The molecule has 190 valence electrons. The minimum absolute atomic E-state index is 0.0782. The average molecular weight is 514 g/mol. The monoisotopic (exact) mass is 513 g/mol. The Kier molecular flexibility index (Phi) is 8.26. The van der Waals surface area contributed by atoms with E-state index in [0.717, 1.165) is 11.4 Å². The van der Waals surface area contributed by atoms with E-state index >= 15 is 0 Å². The van der Waals surface area contributed by atoms with Crippen LogP contribution in [0.2, 0.25) is 5.02 Å². The number of likely N-dealkylation sites (N-methyl/N-ethyl adjacent to an activating group) is 1. The van der Waals surface area contributed by atoms with E-state index in [-0.39, 0.29) is 30.4 Å². The zero-order chi connectivity index (χ0) is 25.7. The summed E-state index contributed by atoms with van der Waals surface area (Å²) in [6.45, 7) is 1.21. The number of rotatable bonds is 6. The Balaban J connectivity index is 1.43. The molecule has 1 aromatic carbocycles. The number of nitriles is 1. The standard InChI is InChI=1S/C26H29ClFN5O3/c1-31(26(35)36-13-10-28)23-17-33(16-22(23)19-3-5-21(27)6-4-19)25(34)20-8-11-32(12-9-20)24-7-2-18(14-29)15-30-24/h2-7,15,20,22-23H,8-13,16-17H2,1H3. The molecule has 36 heavy (non-hydrogen) atoms. The Morgan fingerprint density at radius 3 is 2.53 bits per heavy atom. The summed E-state index contributed by atoms with van der Waals surface area (Å²) in [5.41, 5.74) is 1.49. The Bertz CT molecular complexity index is 1100. The minimum Gasteiger partial charge on any atom is -0.447 e. The quantitative estimate of drug-likeness (QED) is 0.582. The number of piperidine rings is 1. The number of alkyl halides is 1. The van der Waals surface area contributed by atoms with Crippen molar-refractivity contribution in [1.29, 1.82) is 5.26 Å². The van der Waals surface area contributed by atoms with Gasteiger partial charge < -0.3 is 19.4 Å². The maximum absolute atomic E-state index is 13.5. The molecule has 0 aliphatic carbocycles. The van der Waals surface area contributed by atoms with Crippen LogP contribution in [0.25, 0.3) is 0 Å². The first kappa shape index (κ1) is 25.7. The molecular weight excluding hydrogens is 485 g/mol. The third kappa shape index (κ3) is 5.71. The van der Waals surface area contributed by atoms with E-state index in [1.807, 2.05) is 23.1 Å². The van der Waals surface area contributed by atoms with E-state index in [1.54, 1.807) is 31.4 Å². The molecular formula is C26H29ClFN5O3. The molecule has 1 aromatic heterocycles. The number of pyridine rings is 1. The lowest BCUT2D eigenvalue weighted by molar-refractivity contribution is -0.135. The zero-order valence-electron chi connectivity index (χ0n) is 20.1. The third-order valence-electron chi connectivity index (χ3n) is 7.03. The van der Waals surface area contributed by atoms with Crippen molar-refractivity contribution in [1.82, 2.24) is 14.8 Å². The number of aromatic nitrogens is 1. The van der Waals surface area contributed by atoms with E-state index in [1.165, 1.54) is 4.90 Å². The van der Waals surface area contributed by atoms with Gasteiger partial charge in [-0.3, -0.25) is 4.79 Å². The summed E-state index contributed by atoms with van der Waals surface area (Å²) in [4.78, 5) is 35.8. The van der Waals surface area contributed by atoms with E-state index < -0.39 is 12.8 Å². The molecule has 3 heterocycles. The number of carbonyl (C=O) groups excluding carboxylic acids is 2. The lowest BCUT2D eigenvalue weighted by Gasteiger charge is -2.34. The summed E-state index contributed by atoms with van der Waals surface area (Å²) >= 11 is 6.07.